The van der Waals surface area contributed by atoms with Crippen molar-refractivity contribution < 1.29 is 24.5 Å². The summed E-state index contributed by atoms with van der Waals surface area (Å²) in [7, 11) is 1.61. The first kappa shape index (κ1) is 32.7. The van der Waals surface area contributed by atoms with E-state index >= 15 is 0 Å². The Morgan fingerprint density at radius 2 is 1.84 bits per heavy atom. The molecule has 10 heteroatoms. The van der Waals surface area contributed by atoms with Gasteiger partial charge < -0.3 is 30.3 Å². The van der Waals surface area contributed by atoms with Gasteiger partial charge in [-0.15, -0.1) is 0 Å². The molecule has 9 nitrogen and oxygen atoms in total. The Kier molecular flexibility index (Phi) is 10.8. The molecule has 4 N–H and O–H groups in total. The van der Waals surface area contributed by atoms with E-state index in [0.29, 0.717) is 33.2 Å². The Labute approximate surface area is 262 Å². The second-order valence-corrected chi connectivity index (χ2v) is 11.5. The van der Waals surface area contributed by atoms with Crippen LogP contribution in [-0.2, 0) is 17.9 Å². The zero-order valence-electron chi connectivity index (χ0n) is 25.0. The third-order valence-electron chi connectivity index (χ3n) is 8.06. The lowest BCUT2D eigenvalue weighted by Gasteiger charge is -2.46. The van der Waals surface area contributed by atoms with E-state index in [1.807, 2.05) is 62.4 Å². The summed E-state index contributed by atoms with van der Waals surface area (Å²) in [6.45, 7) is 3.89. The summed E-state index contributed by atoms with van der Waals surface area (Å²) in [4.78, 5) is 17.7. The number of nitrogens with zero attached hydrogens (tertiary/aromatic N) is 2. The number of ether oxygens (including phenoxy) is 2. The fourth-order valence-corrected chi connectivity index (χ4v) is 5.54. The number of hydrogen-bond donors (Lipinski definition) is 4. The molecule has 44 heavy (non-hydrogen) atoms. The van der Waals surface area contributed by atoms with Crippen LogP contribution in [0.3, 0.4) is 0 Å². The summed E-state index contributed by atoms with van der Waals surface area (Å²) in [6.07, 6.45) is 8.88. The third kappa shape index (κ3) is 6.95. The number of nitrogens with one attached hydrogen (secondary N) is 2. The summed E-state index contributed by atoms with van der Waals surface area (Å²) in [5.74, 6) is 0.558. The van der Waals surface area contributed by atoms with Gasteiger partial charge in [-0.2, -0.15) is 5.26 Å². The minimum Gasteiger partial charge on any atom is -0.490 e. The van der Waals surface area contributed by atoms with Crippen LogP contribution in [0.1, 0.15) is 36.1 Å². The van der Waals surface area contributed by atoms with Crippen LogP contribution in [0, 0.1) is 22.2 Å². The van der Waals surface area contributed by atoms with Crippen LogP contribution < -0.4 is 20.1 Å². The van der Waals surface area contributed by atoms with Crippen molar-refractivity contribution >= 4 is 23.1 Å². The van der Waals surface area contributed by atoms with Crippen molar-refractivity contribution in [3.05, 3.63) is 106 Å². The number of aromatic nitrogens is 1. The first-order valence-electron chi connectivity index (χ1n) is 14.2. The molecule has 0 saturated carbocycles. The normalized spacial score (nSPS) is 17.1. The summed E-state index contributed by atoms with van der Waals surface area (Å²) in [5, 5.41) is 34.5. The maximum Gasteiger partial charge on any atom is 0.234 e. The molecule has 1 amide bonds. The minimum atomic E-state index is -1.08. The molecule has 3 aromatic rings. The summed E-state index contributed by atoms with van der Waals surface area (Å²) < 4.78 is 12.5. The topological polar surface area (TPSA) is 137 Å². The number of aliphatic hydroxyl groups is 2. The average molecular weight is 617 g/mol. The van der Waals surface area contributed by atoms with Crippen molar-refractivity contribution in [2.24, 2.45) is 10.8 Å². The molecule has 1 aliphatic carbocycles. The Morgan fingerprint density at radius 3 is 2.52 bits per heavy atom. The predicted octanol–water partition coefficient (Wildman–Crippen LogP) is 4.42. The molecule has 0 bridgehead atoms. The molecule has 1 aliphatic rings. The highest BCUT2D eigenvalue weighted by Crippen LogP contribution is 2.52. The number of nitriles is 1. The van der Waals surface area contributed by atoms with E-state index < -0.39 is 16.9 Å². The average Bonchev–Trinajstić information content (AvgIpc) is 3.04. The molecule has 1 atom stereocenters. The number of pyridine rings is 1. The molecule has 0 radical (unpaired) electrons. The first-order valence-corrected chi connectivity index (χ1v) is 14.6. The predicted molar refractivity (Wildman–Crippen MR) is 169 cm³/mol. The number of carbonyl (C=O) groups excluding carboxylic acids is 1. The number of halogens is 1. The molecular formula is C34H37ClN4O5. The molecule has 4 rings (SSSR count). The fraction of sp³-hybridized carbons (Fsp3) is 0.324. The number of rotatable bonds is 13. The van der Waals surface area contributed by atoms with Crippen LogP contribution in [0.15, 0.2) is 79.2 Å². The Bertz CT molecular complexity index is 1560. The molecule has 0 fully saturated rings. The van der Waals surface area contributed by atoms with Gasteiger partial charge in [-0.05, 0) is 23.3 Å². The Balaban J connectivity index is 1.66. The zero-order chi connectivity index (χ0) is 31.7. The lowest BCUT2D eigenvalue weighted by molar-refractivity contribution is -0.134. The standard InChI is InChI=1S/C34H37ClN4O5/c1-33(2)28(25-8-5-4-6-9-25)10-7-11-34(33,32(42)37-3)22-44-31-14-30(43-21-24-12-23(15-36)16-38-17-24)26(13-29(31)35)18-39-27(19-40)20-41/h4-14,16-17,27,39-41H,18-22H2,1-3H3,(H,37,42). The van der Waals surface area contributed by atoms with Crippen molar-refractivity contribution in [3.8, 4) is 17.6 Å². The Hall–Kier alpha value is -4.20. The van der Waals surface area contributed by atoms with Crippen molar-refractivity contribution in [3.63, 3.8) is 0 Å². The van der Waals surface area contributed by atoms with Crippen molar-refractivity contribution in [1.82, 2.24) is 15.6 Å². The summed E-state index contributed by atoms with van der Waals surface area (Å²) in [6, 6.07) is 16.5. The maximum atomic E-state index is 13.6. The molecule has 0 spiro atoms. The highest BCUT2D eigenvalue weighted by atomic mass is 35.5. The van der Waals surface area contributed by atoms with Crippen molar-refractivity contribution in [2.45, 2.75) is 33.0 Å². The number of allylic oxidation sites excluding steroid dienone is 3. The summed E-state index contributed by atoms with van der Waals surface area (Å²) in [5.41, 5.74) is 2.03. The number of amides is 1. The smallest absolute Gasteiger partial charge is 0.234 e. The van der Waals surface area contributed by atoms with E-state index in [4.69, 9.17) is 21.1 Å². The zero-order valence-corrected chi connectivity index (χ0v) is 25.8. The van der Waals surface area contributed by atoms with Crippen LogP contribution in [0.4, 0.5) is 0 Å². The molecule has 0 aliphatic heterocycles. The summed E-state index contributed by atoms with van der Waals surface area (Å²) >= 11 is 6.73. The van der Waals surface area contributed by atoms with Crippen LogP contribution in [0.5, 0.6) is 11.5 Å². The highest BCUT2D eigenvalue weighted by Gasteiger charge is 2.53. The third-order valence-corrected chi connectivity index (χ3v) is 8.36. The number of aliphatic hydroxyl groups excluding tert-OH is 2. The second-order valence-electron chi connectivity index (χ2n) is 11.1. The van der Waals surface area contributed by atoms with Crippen molar-refractivity contribution in [1.29, 1.82) is 5.26 Å². The highest BCUT2D eigenvalue weighted by molar-refractivity contribution is 6.32. The lowest BCUT2D eigenvalue weighted by atomic mass is 9.58. The van der Waals surface area contributed by atoms with Crippen LogP contribution in [0.25, 0.3) is 5.57 Å². The molecule has 1 unspecified atom stereocenters. The van der Waals surface area contributed by atoms with Crippen LogP contribution >= 0.6 is 11.6 Å². The maximum absolute atomic E-state index is 13.6. The largest absolute Gasteiger partial charge is 0.490 e. The van der Waals surface area contributed by atoms with Gasteiger partial charge in [-0.3, -0.25) is 9.78 Å². The fourth-order valence-electron chi connectivity index (χ4n) is 5.30. The van der Waals surface area contributed by atoms with Gasteiger partial charge in [0.05, 0.1) is 29.8 Å². The molecule has 2 aromatic carbocycles. The van der Waals surface area contributed by atoms with Gasteiger partial charge in [-0.1, -0.05) is 74.0 Å². The van der Waals surface area contributed by atoms with Crippen LogP contribution in [0.2, 0.25) is 5.02 Å². The number of benzene rings is 2. The van der Waals surface area contributed by atoms with E-state index in [1.54, 1.807) is 31.4 Å². The van der Waals surface area contributed by atoms with Gasteiger partial charge in [0, 0.05) is 48.6 Å². The number of hydrogen-bond acceptors (Lipinski definition) is 8. The van der Waals surface area contributed by atoms with Gasteiger partial charge in [0.2, 0.25) is 5.91 Å². The van der Waals surface area contributed by atoms with E-state index in [0.717, 1.165) is 11.1 Å². The first-order chi connectivity index (χ1) is 21.2. The van der Waals surface area contributed by atoms with Gasteiger partial charge in [0.1, 0.15) is 36.2 Å². The monoisotopic (exact) mass is 616 g/mol. The number of carbonyl (C=O) groups is 1. The minimum absolute atomic E-state index is 0.0116. The van der Waals surface area contributed by atoms with E-state index in [1.165, 1.54) is 6.20 Å². The van der Waals surface area contributed by atoms with Gasteiger partial charge in [0.25, 0.3) is 0 Å². The Morgan fingerprint density at radius 1 is 1.09 bits per heavy atom. The molecule has 0 saturated heterocycles. The SMILES string of the molecule is CNC(=O)C1(COc2cc(OCc3cncc(C#N)c3)c(CNC(CO)CO)cc2Cl)C=CC=C(c2ccccc2)C1(C)C. The molecule has 1 aromatic heterocycles. The van der Waals surface area contributed by atoms with E-state index in [-0.39, 0.29) is 38.9 Å². The van der Waals surface area contributed by atoms with E-state index in [9.17, 15) is 20.3 Å². The quantitative estimate of drug-likeness (QED) is 0.222. The lowest BCUT2D eigenvalue weighted by Crippen LogP contribution is -2.53. The van der Waals surface area contributed by atoms with Gasteiger partial charge >= 0.3 is 0 Å². The molecular weight excluding hydrogens is 580 g/mol. The molecule has 230 valence electrons. The van der Waals surface area contributed by atoms with Gasteiger partial charge in [0.15, 0.2) is 0 Å². The van der Waals surface area contributed by atoms with Crippen molar-refractivity contribution in [2.75, 3.05) is 26.9 Å². The second kappa shape index (κ2) is 14.5. The van der Waals surface area contributed by atoms with Crippen LogP contribution in [-0.4, -0.2) is 54.0 Å². The van der Waals surface area contributed by atoms with Gasteiger partial charge in [-0.25, -0.2) is 0 Å². The molecule has 1 heterocycles. The van der Waals surface area contributed by atoms with E-state index in [2.05, 4.69) is 21.7 Å².